The van der Waals surface area contributed by atoms with Crippen LogP contribution in [0.3, 0.4) is 0 Å². The monoisotopic (exact) mass is 329 g/mol. The van der Waals surface area contributed by atoms with E-state index in [0.29, 0.717) is 0 Å². The van der Waals surface area contributed by atoms with Crippen molar-refractivity contribution in [3.8, 4) is 5.75 Å². The highest BCUT2D eigenvalue weighted by Gasteiger charge is 2.18. The van der Waals surface area contributed by atoms with Crippen molar-refractivity contribution in [2.24, 2.45) is 5.92 Å². The third-order valence-corrected chi connectivity index (χ3v) is 5.41. The maximum absolute atomic E-state index is 5.50. The van der Waals surface area contributed by atoms with Gasteiger partial charge >= 0.3 is 0 Å². The molecule has 24 heavy (non-hydrogen) atoms. The smallest absolute Gasteiger partial charge is 0.130 e. The summed E-state index contributed by atoms with van der Waals surface area (Å²) in [5, 5.41) is 8.77. The number of likely N-dealkylation sites (tertiary alicyclic amines) is 1. The summed E-state index contributed by atoms with van der Waals surface area (Å²) in [4.78, 5) is 2.64. The molecular weight excluding hydrogens is 298 g/mol. The molecule has 1 aliphatic heterocycles. The number of aryl methyl sites for hydroxylation is 1. The van der Waals surface area contributed by atoms with Crippen LogP contribution >= 0.6 is 0 Å². The van der Waals surface area contributed by atoms with E-state index < -0.39 is 0 Å². The first-order valence-electron chi connectivity index (χ1n) is 9.54. The lowest BCUT2D eigenvalue weighted by Gasteiger charge is -2.31. The molecule has 4 nitrogen and oxygen atoms in total. The highest BCUT2D eigenvalue weighted by molar-refractivity contribution is 5.87. The predicted molar refractivity (Wildman–Crippen MR) is 99.7 cm³/mol. The van der Waals surface area contributed by atoms with Crippen LogP contribution in [0, 0.1) is 5.92 Å². The Balaban J connectivity index is 1.48. The lowest BCUT2D eigenvalue weighted by atomic mass is 9.91. The number of ether oxygens (including phenoxy) is 1. The van der Waals surface area contributed by atoms with Gasteiger partial charge in [-0.15, -0.1) is 0 Å². The topological polar surface area (TPSA) is 41.2 Å². The first kappa shape index (κ1) is 17.3. The van der Waals surface area contributed by atoms with Crippen molar-refractivity contribution in [2.75, 3.05) is 26.7 Å². The van der Waals surface area contributed by atoms with Gasteiger partial charge in [0.2, 0.25) is 0 Å². The number of piperidine rings is 1. The van der Waals surface area contributed by atoms with E-state index in [1.54, 1.807) is 7.11 Å². The first-order valence-corrected chi connectivity index (χ1v) is 9.54. The highest BCUT2D eigenvalue weighted by Crippen LogP contribution is 2.28. The van der Waals surface area contributed by atoms with Crippen LogP contribution in [-0.4, -0.2) is 41.8 Å². The quantitative estimate of drug-likeness (QED) is 0.780. The van der Waals surface area contributed by atoms with Crippen LogP contribution < -0.4 is 4.74 Å². The Labute approximate surface area is 145 Å². The molecule has 1 aliphatic rings. The molecule has 3 rings (SSSR count). The largest absolute Gasteiger partial charge is 0.496 e. The van der Waals surface area contributed by atoms with Gasteiger partial charge in [0.05, 0.1) is 18.0 Å². The average Bonchev–Trinajstić information content (AvgIpc) is 3.04. The fraction of sp³-hybridized carbons (Fsp3) is 0.650. The van der Waals surface area contributed by atoms with Crippen LogP contribution in [0.5, 0.6) is 5.75 Å². The summed E-state index contributed by atoms with van der Waals surface area (Å²) in [7, 11) is 1.73. The van der Waals surface area contributed by atoms with Crippen LogP contribution in [-0.2, 0) is 6.42 Å². The highest BCUT2D eigenvalue weighted by atomic mass is 16.5. The number of unbranched alkanes of at least 4 members (excludes halogenated alkanes) is 1. The Bertz CT molecular complexity index is 629. The SMILES string of the molecule is CCCCC1CCN(CCCc2[nH]nc3cccc(OC)c23)CC1. The van der Waals surface area contributed by atoms with E-state index in [1.807, 2.05) is 18.2 Å². The number of rotatable bonds is 8. The van der Waals surface area contributed by atoms with E-state index in [4.69, 9.17) is 4.74 Å². The Hall–Kier alpha value is -1.55. The normalized spacial score (nSPS) is 16.8. The second kappa shape index (κ2) is 8.52. The Morgan fingerprint density at radius 1 is 1.25 bits per heavy atom. The van der Waals surface area contributed by atoms with Gasteiger partial charge in [-0.05, 0) is 63.4 Å². The fourth-order valence-corrected chi connectivity index (χ4v) is 3.92. The lowest BCUT2D eigenvalue weighted by Crippen LogP contribution is -2.34. The molecule has 0 aliphatic carbocycles. The molecule has 2 aromatic rings. The van der Waals surface area contributed by atoms with E-state index in [2.05, 4.69) is 22.0 Å². The van der Waals surface area contributed by atoms with Gasteiger partial charge in [-0.3, -0.25) is 5.10 Å². The minimum Gasteiger partial charge on any atom is -0.496 e. The second-order valence-corrected chi connectivity index (χ2v) is 7.09. The molecule has 4 heteroatoms. The molecule has 2 heterocycles. The molecule has 0 unspecified atom stereocenters. The third kappa shape index (κ3) is 4.10. The number of aromatic nitrogens is 2. The summed E-state index contributed by atoms with van der Waals surface area (Å²) < 4.78 is 5.50. The molecular formula is C20H31N3O. The van der Waals surface area contributed by atoms with Crippen molar-refractivity contribution >= 4 is 10.9 Å². The molecule has 0 radical (unpaired) electrons. The minimum atomic E-state index is 0.924. The number of nitrogens with one attached hydrogen (secondary N) is 1. The van der Waals surface area contributed by atoms with Crippen molar-refractivity contribution < 1.29 is 4.74 Å². The molecule has 0 amide bonds. The molecule has 1 aromatic heterocycles. The van der Waals surface area contributed by atoms with E-state index in [9.17, 15) is 0 Å². The standard InChI is InChI=1S/C20H31N3O/c1-3-4-7-16-11-14-23(15-12-16)13-6-9-18-20-17(21-22-18)8-5-10-19(20)24-2/h5,8,10,16H,3-4,6-7,9,11-15H2,1-2H3,(H,21,22). The molecule has 0 spiro atoms. The Kier molecular flexibility index (Phi) is 6.13. The number of benzene rings is 1. The zero-order valence-corrected chi connectivity index (χ0v) is 15.2. The summed E-state index contributed by atoms with van der Waals surface area (Å²) in [6.07, 6.45) is 9.16. The van der Waals surface area contributed by atoms with Crippen molar-refractivity contribution in [1.82, 2.24) is 15.1 Å². The van der Waals surface area contributed by atoms with Crippen molar-refractivity contribution in [3.05, 3.63) is 23.9 Å². The molecule has 0 atom stereocenters. The Morgan fingerprint density at radius 2 is 2.08 bits per heavy atom. The first-order chi connectivity index (χ1) is 11.8. The molecule has 1 aromatic carbocycles. The summed E-state index contributed by atoms with van der Waals surface area (Å²) in [5.74, 6) is 1.90. The fourth-order valence-electron chi connectivity index (χ4n) is 3.92. The third-order valence-electron chi connectivity index (χ3n) is 5.41. The summed E-state index contributed by atoms with van der Waals surface area (Å²) >= 11 is 0. The number of methoxy groups -OCH3 is 1. The van der Waals surface area contributed by atoms with Gasteiger partial charge < -0.3 is 9.64 Å². The van der Waals surface area contributed by atoms with Crippen LogP contribution in [0.1, 0.15) is 51.1 Å². The number of H-pyrrole nitrogens is 1. The maximum Gasteiger partial charge on any atom is 0.130 e. The van der Waals surface area contributed by atoms with Gasteiger partial charge in [0.15, 0.2) is 0 Å². The van der Waals surface area contributed by atoms with E-state index in [-0.39, 0.29) is 0 Å². The van der Waals surface area contributed by atoms with Gasteiger partial charge in [0, 0.05) is 5.69 Å². The Morgan fingerprint density at radius 3 is 2.83 bits per heavy atom. The number of hydrogen-bond acceptors (Lipinski definition) is 3. The lowest BCUT2D eigenvalue weighted by molar-refractivity contribution is 0.176. The van der Waals surface area contributed by atoms with Crippen molar-refractivity contribution in [1.29, 1.82) is 0 Å². The van der Waals surface area contributed by atoms with Gasteiger partial charge in [-0.1, -0.05) is 32.3 Å². The van der Waals surface area contributed by atoms with Crippen LogP contribution in [0.4, 0.5) is 0 Å². The average molecular weight is 329 g/mol. The zero-order chi connectivity index (χ0) is 16.8. The zero-order valence-electron chi connectivity index (χ0n) is 15.2. The van der Waals surface area contributed by atoms with Crippen LogP contribution in [0.15, 0.2) is 18.2 Å². The summed E-state index contributed by atoms with van der Waals surface area (Å²) in [6.45, 7) is 6.04. The van der Waals surface area contributed by atoms with Gasteiger partial charge in [0.1, 0.15) is 5.75 Å². The number of fused-ring (bicyclic) bond motifs is 1. The summed E-state index contributed by atoms with van der Waals surface area (Å²) in [6, 6.07) is 6.05. The van der Waals surface area contributed by atoms with E-state index in [0.717, 1.165) is 29.0 Å². The molecule has 132 valence electrons. The van der Waals surface area contributed by atoms with Crippen molar-refractivity contribution in [3.63, 3.8) is 0 Å². The number of hydrogen-bond donors (Lipinski definition) is 1. The van der Waals surface area contributed by atoms with Gasteiger partial charge in [0.25, 0.3) is 0 Å². The van der Waals surface area contributed by atoms with Gasteiger partial charge in [-0.2, -0.15) is 5.10 Å². The number of aromatic amines is 1. The molecule has 1 saturated heterocycles. The van der Waals surface area contributed by atoms with Crippen LogP contribution in [0.2, 0.25) is 0 Å². The number of nitrogens with zero attached hydrogens (tertiary/aromatic N) is 2. The van der Waals surface area contributed by atoms with Crippen molar-refractivity contribution in [2.45, 2.75) is 51.9 Å². The van der Waals surface area contributed by atoms with E-state index >= 15 is 0 Å². The molecule has 0 saturated carbocycles. The molecule has 1 fully saturated rings. The minimum absolute atomic E-state index is 0.924. The molecule has 0 bridgehead atoms. The van der Waals surface area contributed by atoms with Gasteiger partial charge in [-0.25, -0.2) is 0 Å². The maximum atomic E-state index is 5.50. The summed E-state index contributed by atoms with van der Waals surface area (Å²) in [5.41, 5.74) is 2.21. The molecule has 1 N–H and O–H groups in total. The predicted octanol–water partition coefficient (Wildman–Crippen LogP) is 4.41. The van der Waals surface area contributed by atoms with E-state index in [1.165, 1.54) is 63.9 Å². The second-order valence-electron chi connectivity index (χ2n) is 7.09. The van der Waals surface area contributed by atoms with Crippen LogP contribution in [0.25, 0.3) is 10.9 Å².